The highest BCUT2D eigenvalue weighted by molar-refractivity contribution is 5.94. The van der Waals surface area contributed by atoms with Crippen LogP contribution in [0.15, 0.2) is 73.3 Å². The molecule has 0 aliphatic rings. The molecule has 226 valence electrons. The number of nitrogens with zero attached hydrogens (tertiary/aromatic N) is 1. The minimum Gasteiger partial charge on any atom is -0.480 e. The Kier molecular flexibility index (Phi) is 10.3. The number of nitrogens with two attached hydrogens (primary N) is 1. The molecule has 8 N–H and O–H groups in total. The molecule has 2 aromatic carbocycles. The number of fused-ring (bicyclic) bond motifs is 1. The summed E-state index contributed by atoms with van der Waals surface area (Å²) in [6.07, 6.45) is 5.10. The molecule has 0 fully saturated rings. The Balaban J connectivity index is 1.45. The number of carboxylic acid groups (broad SMARTS) is 1. The third-order valence-electron chi connectivity index (χ3n) is 7.21. The van der Waals surface area contributed by atoms with E-state index in [1.54, 1.807) is 20.0 Å². The van der Waals surface area contributed by atoms with Gasteiger partial charge in [-0.05, 0) is 29.5 Å². The van der Waals surface area contributed by atoms with Crippen LogP contribution in [-0.2, 0) is 38.4 Å². The number of H-pyrrole nitrogens is 2. The van der Waals surface area contributed by atoms with E-state index in [4.69, 9.17) is 5.73 Å². The lowest BCUT2D eigenvalue weighted by atomic mass is 10.00. The highest BCUT2D eigenvalue weighted by Crippen LogP contribution is 2.19. The van der Waals surface area contributed by atoms with Gasteiger partial charge in [-0.2, -0.15) is 0 Å². The maximum atomic E-state index is 13.5. The molecule has 0 saturated heterocycles. The lowest BCUT2D eigenvalue weighted by Gasteiger charge is -2.27. The van der Waals surface area contributed by atoms with E-state index in [0.29, 0.717) is 5.69 Å². The van der Waals surface area contributed by atoms with E-state index in [-0.39, 0.29) is 19.3 Å². The second-order valence-electron chi connectivity index (χ2n) is 10.8. The van der Waals surface area contributed by atoms with Crippen molar-refractivity contribution in [3.05, 3.63) is 90.1 Å². The third-order valence-corrected chi connectivity index (χ3v) is 7.21. The fraction of sp³-hybridized carbons (Fsp3) is 0.323. The number of nitrogens with one attached hydrogen (secondary N) is 5. The van der Waals surface area contributed by atoms with Crippen LogP contribution in [0.3, 0.4) is 0 Å². The van der Waals surface area contributed by atoms with Gasteiger partial charge in [0.05, 0.1) is 12.4 Å². The number of carbonyl (C=O) groups is 4. The summed E-state index contributed by atoms with van der Waals surface area (Å²) in [4.78, 5) is 62.1. The molecular formula is C31H37N7O5. The van der Waals surface area contributed by atoms with E-state index in [0.717, 1.165) is 22.0 Å². The topological polar surface area (TPSA) is 195 Å². The van der Waals surface area contributed by atoms with Crippen LogP contribution in [0.4, 0.5) is 0 Å². The van der Waals surface area contributed by atoms with Crippen molar-refractivity contribution < 1.29 is 24.3 Å². The number of para-hydroxylation sites is 1. The highest BCUT2D eigenvalue weighted by atomic mass is 16.4. The standard InChI is InChI=1S/C31H37N7O5/c1-18(2)27(30(41)37-26(31(42)43)13-20-15-34-24-11-7-6-10-22(20)24)38-29(40)25(14-21-16-33-17-35-21)36-28(39)23(32)12-19-8-4-3-5-9-19/h3-11,15-18,23,25-27,34H,12-14,32H2,1-2H3,(H,33,35)(H,36,39)(H,37,41)(H,38,40)(H,42,43). The minimum absolute atomic E-state index is 0.0433. The Hall–Kier alpha value is -4.97. The highest BCUT2D eigenvalue weighted by Gasteiger charge is 2.32. The van der Waals surface area contributed by atoms with Crippen LogP contribution in [0.5, 0.6) is 0 Å². The van der Waals surface area contributed by atoms with Crippen molar-refractivity contribution in [1.29, 1.82) is 0 Å². The molecule has 0 saturated carbocycles. The first kappa shape index (κ1) is 31.0. The van der Waals surface area contributed by atoms with Crippen LogP contribution in [0.2, 0.25) is 0 Å². The number of aliphatic carboxylic acids is 1. The molecule has 0 radical (unpaired) electrons. The van der Waals surface area contributed by atoms with E-state index >= 15 is 0 Å². The van der Waals surface area contributed by atoms with Gasteiger partial charge in [-0.15, -0.1) is 0 Å². The summed E-state index contributed by atoms with van der Waals surface area (Å²) < 4.78 is 0. The van der Waals surface area contributed by atoms with Crippen molar-refractivity contribution >= 4 is 34.6 Å². The summed E-state index contributed by atoms with van der Waals surface area (Å²) in [7, 11) is 0. The summed E-state index contributed by atoms with van der Waals surface area (Å²) in [6, 6.07) is 12.5. The Morgan fingerprint density at radius 1 is 0.837 bits per heavy atom. The van der Waals surface area contributed by atoms with E-state index < -0.39 is 53.8 Å². The Labute approximate surface area is 248 Å². The van der Waals surface area contributed by atoms with Gasteiger partial charge in [0, 0.05) is 41.8 Å². The van der Waals surface area contributed by atoms with Gasteiger partial charge < -0.3 is 36.8 Å². The second-order valence-corrected chi connectivity index (χ2v) is 10.8. The van der Waals surface area contributed by atoms with Gasteiger partial charge in [0.25, 0.3) is 0 Å². The van der Waals surface area contributed by atoms with Crippen LogP contribution in [-0.4, -0.2) is 67.9 Å². The SMILES string of the molecule is CC(C)C(NC(=O)C(Cc1cnc[nH]1)NC(=O)C(N)Cc1ccccc1)C(=O)NC(Cc1c[nH]c2ccccc12)C(=O)O. The lowest BCUT2D eigenvalue weighted by molar-refractivity contribution is -0.142. The maximum Gasteiger partial charge on any atom is 0.326 e. The Morgan fingerprint density at radius 3 is 2.21 bits per heavy atom. The van der Waals surface area contributed by atoms with Gasteiger partial charge in [-0.3, -0.25) is 14.4 Å². The monoisotopic (exact) mass is 587 g/mol. The average Bonchev–Trinajstić information content (AvgIpc) is 3.65. The minimum atomic E-state index is -1.23. The average molecular weight is 588 g/mol. The molecule has 12 heteroatoms. The number of aromatic amines is 2. The molecule has 4 unspecified atom stereocenters. The number of amides is 3. The van der Waals surface area contributed by atoms with Crippen molar-refractivity contribution in [3.8, 4) is 0 Å². The largest absolute Gasteiger partial charge is 0.480 e. The molecule has 0 aliphatic carbocycles. The number of hydrogen-bond acceptors (Lipinski definition) is 6. The van der Waals surface area contributed by atoms with Crippen molar-refractivity contribution in [1.82, 2.24) is 30.9 Å². The molecular weight excluding hydrogens is 550 g/mol. The van der Waals surface area contributed by atoms with Gasteiger partial charge >= 0.3 is 5.97 Å². The summed E-state index contributed by atoms with van der Waals surface area (Å²) in [5.74, 6) is -3.39. The van der Waals surface area contributed by atoms with Crippen molar-refractivity contribution in [2.75, 3.05) is 0 Å². The zero-order chi connectivity index (χ0) is 30.9. The summed E-state index contributed by atoms with van der Waals surface area (Å²) in [6.45, 7) is 3.47. The van der Waals surface area contributed by atoms with E-state index in [1.165, 1.54) is 12.5 Å². The van der Waals surface area contributed by atoms with Gasteiger partial charge in [-0.25, -0.2) is 9.78 Å². The lowest BCUT2D eigenvalue weighted by Crippen LogP contribution is -2.59. The molecule has 0 aliphatic heterocycles. The number of carbonyl (C=O) groups excluding carboxylic acids is 3. The zero-order valence-corrected chi connectivity index (χ0v) is 24.0. The van der Waals surface area contributed by atoms with E-state index in [2.05, 4.69) is 30.9 Å². The molecule has 3 amide bonds. The van der Waals surface area contributed by atoms with Gasteiger partial charge in [-0.1, -0.05) is 62.4 Å². The molecule has 2 heterocycles. The molecule has 0 spiro atoms. The molecule has 4 atom stereocenters. The molecule has 2 aromatic heterocycles. The zero-order valence-electron chi connectivity index (χ0n) is 24.0. The van der Waals surface area contributed by atoms with Crippen LogP contribution in [0, 0.1) is 5.92 Å². The van der Waals surface area contributed by atoms with E-state index in [1.807, 2.05) is 54.6 Å². The fourth-order valence-corrected chi connectivity index (χ4v) is 4.84. The van der Waals surface area contributed by atoms with Gasteiger partial charge in [0.2, 0.25) is 17.7 Å². The fourth-order valence-electron chi connectivity index (χ4n) is 4.84. The summed E-state index contributed by atoms with van der Waals surface area (Å²) >= 11 is 0. The molecule has 4 aromatic rings. The number of benzene rings is 2. The number of rotatable bonds is 14. The summed E-state index contributed by atoms with van der Waals surface area (Å²) in [5.41, 5.74) is 9.21. The quantitative estimate of drug-likeness (QED) is 0.116. The summed E-state index contributed by atoms with van der Waals surface area (Å²) in [5, 5.41) is 18.8. The molecule has 0 bridgehead atoms. The van der Waals surface area contributed by atoms with Crippen molar-refractivity contribution in [2.24, 2.45) is 11.7 Å². The first-order valence-electron chi connectivity index (χ1n) is 14.1. The van der Waals surface area contributed by atoms with Crippen LogP contribution in [0.1, 0.15) is 30.7 Å². The first-order valence-corrected chi connectivity index (χ1v) is 14.1. The van der Waals surface area contributed by atoms with Crippen LogP contribution >= 0.6 is 0 Å². The molecule has 43 heavy (non-hydrogen) atoms. The van der Waals surface area contributed by atoms with Crippen molar-refractivity contribution in [3.63, 3.8) is 0 Å². The Bertz CT molecular complexity index is 1530. The first-order chi connectivity index (χ1) is 20.6. The van der Waals surface area contributed by atoms with E-state index in [9.17, 15) is 24.3 Å². The van der Waals surface area contributed by atoms with Crippen LogP contribution in [0.25, 0.3) is 10.9 Å². The van der Waals surface area contributed by atoms with Crippen LogP contribution < -0.4 is 21.7 Å². The number of imidazole rings is 1. The van der Waals surface area contributed by atoms with Gasteiger partial charge in [0.15, 0.2) is 0 Å². The predicted octanol–water partition coefficient (Wildman–Crippen LogP) is 1.44. The number of hydrogen-bond donors (Lipinski definition) is 7. The normalized spacial score (nSPS) is 14.0. The third kappa shape index (κ3) is 8.29. The molecule has 4 rings (SSSR count). The smallest absolute Gasteiger partial charge is 0.326 e. The number of aromatic nitrogens is 3. The second kappa shape index (κ2) is 14.3. The Morgan fingerprint density at radius 2 is 1.53 bits per heavy atom. The van der Waals surface area contributed by atoms with Gasteiger partial charge in [0.1, 0.15) is 18.1 Å². The predicted molar refractivity (Wildman–Crippen MR) is 161 cm³/mol. The number of carboxylic acids is 1. The van der Waals surface area contributed by atoms with Crippen molar-refractivity contribution in [2.45, 2.75) is 57.3 Å². The molecule has 12 nitrogen and oxygen atoms in total. The maximum absolute atomic E-state index is 13.5.